The predicted molar refractivity (Wildman–Crippen MR) is 57.6 cm³/mol. The van der Waals surface area contributed by atoms with E-state index in [4.69, 9.17) is 4.74 Å². The van der Waals surface area contributed by atoms with Gasteiger partial charge in [0.25, 0.3) is 0 Å². The number of carbonyl (C=O) groups excluding carboxylic acids is 1. The Labute approximate surface area is 91.0 Å². The number of ether oxygens (including phenoxy) is 1. The fraction of sp³-hybridized carbons (Fsp3) is 0.909. The van der Waals surface area contributed by atoms with Gasteiger partial charge >= 0.3 is 6.09 Å². The Kier molecular flexibility index (Phi) is 3.97. The zero-order chi connectivity index (χ0) is 11.5. The van der Waals surface area contributed by atoms with Gasteiger partial charge in [0.15, 0.2) is 0 Å². The molecule has 1 fully saturated rings. The molecule has 0 aliphatic heterocycles. The third kappa shape index (κ3) is 4.51. The molecular formula is C11H21NO3. The van der Waals surface area contributed by atoms with Crippen molar-refractivity contribution in [2.45, 2.75) is 51.7 Å². The number of hydrogen-bond donors (Lipinski definition) is 2. The Morgan fingerprint density at radius 3 is 2.60 bits per heavy atom. The van der Waals surface area contributed by atoms with Crippen LogP contribution in [-0.4, -0.2) is 29.4 Å². The first-order valence-corrected chi connectivity index (χ1v) is 5.53. The summed E-state index contributed by atoms with van der Waals surface area (Å²) < 4.78 is 5.10. The molecule has 2 atom stereocenters. The lowest BCUT2D eigenvalue weighted by atomic mass is 10.1. The minimum Gasteiger partial charge on any atom is -0.444 e. The van der Waals surface area contributed by atoms with Crippen molar-refractivity contribution in [3.63, 3.8) is 0 Å². The van der Waals surface area contributed by atoms with Crippen LogP contribution in [0.3, 0.4) is 0 Å². The molecule has 0 aromatic heterocycles. The summed E-state index contributed by atoms with van der Waals surface area (Å²) >= 11 is 0. The van der Waals surface area contributed by atoms with Gasteiger partial charge < -0.3 is 15.2 Å². The molecule has 1 aliphatic carbocycles. The van der Waals surface area contributed by atoms with Gasteiger partial charge in [-0.05, 0) is 33.6 Å². The van der Waals surface area contributed by atoms with Gasteiger partial charge in [-0.25, -0.2) is 4.79 Å². The lowest BCUT2D eigenvalue weighted by Gasteiger charge is -2.21. The molecule has 1 amide bonds. The number of hydrogen-bond acceptors (Lipinski definition) is 3. The van der Waals surface area contributed by atoms with Gasteiger partial charge in [0, 0.05) is 12.5 Å². The molecule has 15 heavy (non-hydrogen) atoms. The van der Waals surface area contributed by atoms with Crippen LogP contribution >= 0.6 is 0 Å². The van der Waals surface area contributed by atoms with E-state index in [1.54, 1.807) is 0 Å². The Balaban J connectivity index is 2.22. The number of aliphatic hydroxyl groups is 1. The molecule has 2 N–H and O–H groups in total. The summed E-state index contributed by atoms with van der Waals surface area (Å²) in [5, 5.41) is 12.2. The van der Waals surface area contributed by atoms with Crippen LogP contribution in [0.1, 0.15) is 40.0 Å². The number of rotatable bonds is 2. The first kappa shape index (κ1) is 12.3. The molecule has 0 bridgehead atoms. The maximum atomic E-state index is 11.3. The number of carbonyl (C=O) groups is 1. The van der Waals surface area contributed by atoms with Crippen molar-refractivity contribution in [1.82, 2.24) is 5.32 Å². The van der Waals surface area contributed by atoms with E-state index in [0.29, 0.717) is 6.54 Å². The van der Waals surface area contributed by atoms with Crippen LogP contribution in [0.25, 0.3) is 0 Å². The van der Waals surface area contributed by atoms with Gasteiger partial charge in [-0.2, -0.15) is 0 Å². The van der Waals surface area contributed by atoms with Gasteiger partial charge in [-0.1, -0.05) is 6.42 Å². The average Bonchev–Trinajstić information content (AvgIpc) is 2.44. The second-order valence-electron chi connectivity index (χ2n) is 5.14. The first-order chi connectivity index (χ1) is 6.88. The predicted octanol–water partition coefficient (Wildman–Crippen LogP) is 1.67. The Morgan fingerprint density at radius 1 is 1.47 bits per heavy atom. The van der Waals surface area contributed by atoms with Crippen molar-refractivity contribution in [3.05, 3.63) is 0 Å². The van der Waals surface area contributed by atoms with Gasteiger partial charge in [-0.15, -0.1) is 0 Å². The monoisotopic (exact) mass is 215 g/mol. The van der Waals surface area contributed by atoms with Gasteiger partial charge in [-0.3, -0.25) is 0 Å². The molecule has 0 aromatic rings. The largest absolute Gasteiger partial charge is 0.444 e. The number of alkyl carbamates (subject to hydrolysis) is 1. The van der Waals surface area contributed by atoms with Gasteiger partial charge in [0.05, 0.1) is 6.10 Å². The topological polar surface area (TPSA) is 58.6 Å². The summed E-state index contributed by atoms with van der Waals surface area (Å²) in [5.74, 6) is 0.192. The lowest BCUT2D eigenvalue weighted by molar-refractivity contribution is 0.0500. The highest BCUT2D eigenvalue weighted by atomic mass is 16.6. The van der Waals surface area contributed by atoms with Crippen molar-refractivity contribution in [1.29, 1.82) is 0 Å². The summed E-state index contributed by atoms with van der Waals surface area (Å²) in [6, 6.07) is 0. The molecule has 0 unspecified atom stereocenters. The Morgan fingerprint density at radius 2 is 2.13 bits per heavy atom. The van der Waals surface area contributed by atoms with E-state index < -0.39 is 11.7 Å². The van der Waals surface area contributed by atoms with E-state index in [0.717, 1.165) is 19.3 Å². The standard InChI is InChI=1S/C11H21NO3/c1-11(2,3)15-10(14)12-7-8-5-4-6-9(8)13/h8-9,13H,4-7H2,1-3H3,(H,12,14)/t8-,9+/m0/s1. The normalized spacial score (nSPS) is 26.4. The number of amides is 1. The van der Waals surface area contributed by atoms with Crippen molar-refractivity contribution in [2.24, 2.45) is 5.92 Å². The molecule has 88 valence electrons. The van der Waals surface area contributed by atoms with Crippen molar-refractivity contribution < 1.29 is 14.6 Å². The molecule has 4 heteroatoms. The second kappa shape index (κ2) is 4.84. The third-order valence-electron chi connectivity index (χ3n) is 2.53. The highest BCUT2D eigenvalue weighted by Gasteiger charge is 2.26. The van der Waals surface area contributed by atoms with Crippen LogP contribution in [0.15, 0.2) is 0 Å². The van der Waals surface area contributed by atoms with E-state index >= 15 is 0 Å². The van der Waals surface area contributed by atoms with Crippen molar-refractivity contribution in [3.8, 4) is 0 Å². The maximum absolute atomic E-state index is 11.3. The second-order valence-corrected chi connectivity index (χ2v) is 5.14. The molecule has 0 heterocycles. The van der Waals surface area contributed by atoms with Crippen LogP contribution in [0.5, 0.6) is 0 Å². The van der Waals surface area contributed by atoms with Crippen LogP contribution < -0.4 is 5.32 Å². The molecule has 0 saturated heterocycles. The highest BCUT2D eigenvalue weighted by Crippen LogP contribution is 2.24. The number of aliphatic hydroxyl groups excluding tert-OH is 1. The fourth-order valence-electron chi connectivity index (χ4n) is 1.78. The van der Waals surface area contributed by atoms with E-state index in [1.165, 1.54) is 0 Å². The summed E-state index contributed by atoms with van der Waals surface area (Å²) in [5.41, 5.74) is -0.460. The highest BCUT2D eigenvalue weighted by molar-refractivity contribution is 5.67. The van der Waals surface area contributed by atoms with Crippen LogP contribution in [-0.2, 0) is 4.74 Å². The van der Waals surface area contributed by atoms with Gasteiger partial charge in [0.1, 0.15) is 5.60 Å². The Bertz CT molecular complexity index is 222. The van der Waals surface area contributed by atoms with E-state index in [1.807, 2.05) is 20.8 Å². The summed E-state index contributed by atoms with van der Waals surface area (Å²) in [6.45, 7) is 6.00. The van der Waals surface area contributed by atoms with Crippen molar-refractivity contribution in [2.75, 3.05) is 6.54 Å². The summed E-state index contributed by atoms with van der Waals surface area (Å²) in [7, 11) is 0. The van der Waals surface area contributed by atoms with Gasteiger partial charge in [0.2, 0.25) is 0 Å². The fourth-order valence-corrected chi connectivity index (χ4v) is 1.78. The molecule has 1 saturated carbocycles. The first-order valence-electron chi connectivity index (χ1n) is 5.53. The molecule has 1 aliphatic rings. The van der Waals surface area contributed by atoms with Crippen LogP contribution in [0, 0.1) is 5.92 Å². The molecular weight excluding hydrogens is 194 g/mol. The molecule has 0 radical (unpaired) electrons. The maximum Gasteiger partial charge on any atom is 0.407 e. The van der Waals surface area contributed by atoms with Crippen molar-refractivity contribution >= 4 is 6.09 Å². The average molecular weight is 215 g/mol. The molecule has 0 spiro atoms. The van der Waals surface area contributed by atoms with Crippen LogP contribution in [0.2, 0.25) is 0 Å². The smallest absolute Gasteiger partial charge is 0.407 e. The van der Waals surface area contributed by atoms with E-state index in [9.17, 15) is 9.90 Å². The lowest BCUT2D eigenvalue weighted by Crippen LogP contribution is -2.36. The van der Waals surface area contributed by atoms with E-state index in [2.05, 4.69) is 5.32 Å². The Hall–Kier alpha value is -0.770. The van der Waals surface area contributed by atoms with E-state index in [-0.39, 0.29) is 12.0 Å². The summed E-state index contributed by atoms with van der Waals surface area (Å²) in [4.78, 5) is 11.3. The number of nitrogens with one attached hydrogen (secondary N) is 1. The molecule has 1 rings (SSSR count). The SMILES string of the molecule is CC(C)(C)OC(=O)NC[C@@H]1CCC[C@H]1O. The third-order valence-corrected chi connectivity index (χ3v) is 2.53. The molecule has 0 aromatic carbocycles. The quantitative estimate of drug-likeness (QED) is 0.736. The minimum atomic E-state index is -0.460. The summed E-state index contributed by atoms with van der Waals surface area (Å²) in [6.07, 6.45) is 2.21. The zero-order valence-corrected chi connectivity index (χ0v) is 9.75. The minimum absolute atomic E-state index is 0.192. The zero-order valence-electron chi connectivity index (χ0n) is 9.75. The van der Waals surface area contributed by atoms with Crippen LogP contribution in [0.4, 0.5) is 4.79 Å². The molecule has 4 nitrogen and oxygen atoms in total.